The Bertz CT molecular complexity index is 134. The molecule has 0 aromatic carbocycles. The maximum absolute atomic E-state index is 7.13. The van der Waals surface area contributed by atoms with Crippen LogP contribution in [-0.2, 0) is 12.6 Å². The van der Waals surface area contributed by atoms with Crippen molar-refractivity contribution in [3.8, 4) is 5.40 Å². The van der Waals surface area contributed by atoms with Crippen molar-refractivity contribution in [3.05, 3.63) is 0 Å². The maximum Gasteiger partial charge on any atom is 1.00 e. The minimum atomic E-state index is 0. The molecular formula is C7H23KN4S2. The molecule has 84 valence electrons. The van der Waals surface area contributed by atoms with Crippen LogP contribution < -0.4 is 62.9 Å². The molecule has 0 fully saturated rings. The van der Waals surface area contributed by atoms with Gasteiger partial charge in [-0.3, -0.25) is 4.99 Å². The van der Waals surface area contributed by atoms with Crippen LogP contribution in [0.4, 0.5) is 0 Å². The Kier molecular flexibility index (Phi) is 101. The molecule has 7 heteroatoms. The van der Waals surface area contributed by atoms with Crippen molar-refractivity contribution in [1.82, 2.24) is 0 Å². The van der Waals surface area contributed by atoms with Crippen LogP contribution in [0.15, 0.2) is 4.99 Å². The molecule has 0 radical (unpaired) electrons. The van der Waals surface area contributed by atoms with Crippen molar-refractivity contribution in [2.75, 3.05) is 20.4 Å². The molecule has 0 unspecified atom stereocenters. The van der Waals surface area contributed by atoms with Gasteiger partial charge in [-0.25, -0.2) is 5.26 Å². The van der Waals surface area contributed by atoms with E-state index in [-0.39, 0.29) is 54.2 Å². The fraction of sp³-hybridized carbons (Fsp3) is 0.714. The third-order valence-electron chi connectivity index (χ3n) is 0.430. The zero-order valence-corrected chi connectivity index (χ0v) is 14.6. The minimum absolute atomic E-state index is 0. The number of aliphatic imine (C=N–C) groups is 1. The summed E-state index contributed by atoms with van der Waals surface area (Å²) in [5, 5.41) is 9.10. The van der Waals surface area contributed by atoms with E-state index in [9.17, 15) is 0 Å². The van der Waals surface area contributed by atoms with Gasteiger partial charge in [0.15, 0.2) is 5.17 Å². The van der Waals surface area contributed by atoms with Gasteiger partial charge < -0.3 is 24.1 Å². The standard InChI is InChI=1S/C3H8N2S.C2H6.CHNS.CH5N.K.2H2/c1-5-3(4)6-2;1-2;2-1-3;1-2;;;/h1-2H3,(H2,4,5);1-2H3;3H;2H2,1H3;;2*1H/q;;;;+1;;/p-1/i;;;;;2*1+1. The number of hydrogen-bond acceptors (Lipinski definition) is 5. The van der Waals surface area contributed by atoms with E-state index in [4.69, 9.17) is 11.0 Å². The molecule has 0 bridgehead atoms. The third-order valence-corrected chi connectivity index (χ3v) is 1.03. The van der Waals surface area contributed by atoms with Gasteiger partial charge in [-0.15, -0.1) is 0 Å². The normalized spacial score (nSPS) is 6.50. The maximum atomic E-state index is 7.13. The molecule has 14 heavy (non-hydrogen) atoms. The van der Waals surface area contributed by atoms with Crippen LogP contribution >= 0.6 is 11.8 Å². The molecule has 0 aliphatic rings. The third kappa shape index (κ3) is 73.4. The second kappa shape index (κ2) is 47.9. The Morgan fingerprint density at radius 2 is 1.71 bits per heavy atom. The smallest absolute Gasteiger partial charge is 0.696 e. The number of thiocyanates is 1. The van der Waals surface area contributed by atoms with Gasteiger partial charge in [-0.1, -0.05) is 31.0 Å². The predicted octanol–water partition coefficient (Wildman–Crippen LogP) is -1.59. The van der Waals surface area contributed by atoms with Gasteiger partial charge in [0.2, 0.25) is 0 Å². The second-order valence-electron chi connectivity index (χ2n) is 0.857. The van der Waals surface area contributed by atoms with Crippen LogP contribution in [0.25, 0.3) is 0 Å². The summed E-state index contributed by atoms with van der Waals surface area (Å²) in [5.41, 5.74) is 9.69. The molecular weight excluding hydrogens is 243 g/mol. The first-order valence-corrected chi connectivity index (χ1v) is 5.21. The Balaban J connectivity index is -0.0000000143. The van der Waals surface area contributed by atoms with Gasteiger partial charge in [0.05, 0.1) is 0 Å². The summed E-state index contributed by atoms with van der Waals surface area (Å²) in [7, 11) is 3.17. The van der Waals surface area contributed by atoms with Crippen molar-refractivity contribution in [2.45, 2.75) is 13.8 Å². The van der Waals surface area contributed by atoms with E-state index in [2.05, 4.69) is 23.4 Å². The van der Waals surface area contributed by atoms with E-state index < -0.39 is 0 Å². The van der Waals surface area contributed by atoms with Crippen LogP contribution in [0.1, 0.15) is 16.7 Å². The Hall–Kier alpha value is 1.13. The summed E-state index contributed by atoms with van der Waals surface area (Å²) in [6.07, 6.45) is 1.89. The topological polar surface area (TPSA) is 88.2 Å². The molecule has 0 amide bonds. The first-order chi connectivity index (χ1) is 6.22. The quantitative estimate of drug-likeness (QED) is 0.182. The van der Waals surface area contributed by atoms with Gasteiger partial charge in [0.1, 0.15) is 0 Å². The summed E-state index contributed by atoms with van der Waals surface area (Å²) in [6, 6.07) is 0. The van der Waals surface area contributed by atoms with Crippen molar-refractivity contribution in [3.63, 3.8) is 0 Å². The summed E-state index contributed by atoms with van der Waals surface area (Å²) < 4.78 is 0. The van der Waals surface area contributed by atoms with Crippen LogP contribution in [0.5, 0.6) is 0 Å². The molecule has 0 spiro atoms. The summed E-state index contributed by atoms with van der Waals surface area (Å²) in [5.74, 6) is 0. The second-order valence-corrected chi connectivity index (χ2v) is 1.87. The number of nitrogens with two attached hydrogens (primary N) is 2. The molecule has 0 saturated heterocycles. The van der Waals surface area contributed by atoms with Crippen molar-refractivity contribution >= 4 is 29.6 Å². The van der Waals surface area contributed by atoms with Crippen LogP contribution in [0, 0.1) is 10.7 Å². The van der Waals surface area contributed by atoms with Crippen molar-refractivity contribution in [2.24, 2.45) is 16.5 Å². The molecule has 4 nitrogen and oxygen atoms in total. The van der Waals surface area contributed by atoms with E-state index in [0.29, 0.717) is 5.17 Å². The van der Waals surface area contributed by atoms with Crippen molar-refractivity contribution < 1.29 is 54.2 Å². The first-order valence-electron chi connectivity index (χ1n) is 3.58. The Morgan fingerprint density at radius 1 is 1.50 bits per heavy atom. The average molecular weight is 269 g/mol. The summed E-state index contributed by atoms with van der Waals surface area (Å²) >= 11 is 5.15. The van der Waals surface area contributed by atoms with Gasteiger partial charge in [-0.05, 0) is 13.3 Å². The molecule has 0 saturated carbocycles. The fourth-order valence-corrected chi connectivity index (χ4v) is 0.274. The van der Waals surface area contributed by atoms with Gasteiger partial charge >= 0.3 is 51.4 Å². The van der Waals surface area contributed by atoms with Crippen molar-refractivity contribution in [1.29, 1.82) is 5.26 Å². The number of thioether (sulfide) groups is 1. The largest absolute Gasteiger partial charge is 1.00 e. The molecule has 0 atom stereocenters. The predicted molar refractivity (Wildman–Crippen MR) is 69.7 cm³/mol. The molecule has 0 aromatic rings. The van der Waals surface area contributed by atoms with Crippen LogP contribution in [0.3, 0.4) is 0 Å². The summed E-state index contributed by atoms with van der Waals surface area (Å²) in [6.45, 7) is 4.00. The zero-order chi connectivity index (χ0) is 11.7. The van der Waals surface area contributed by atoms with Gasteiger partial charge in [0, 0.05) is 9.90 Å². The Labute approximate surface area is 143 Å². The van der Waals surface area contributed by atoms with E-state index in [1.54, 1.807) is 7.05 Å². The zero-order valence-electron chi connectivity index (χ0n) is 9.87. The average Bonchev–Trinajstić information content (AvgIpc) is 2.24. The Morgan fingerprint density at radius 3 is 1.71 bits per heavy atom. The molecule has 4 N–H and O–H groups in total. The number of nitrogens with zero attached hydrogens (tertiary/aromatic N) is 2. The SMILES string of the molecule is CC.CN.CN=C(N)SC.N#C[S-].[2HH].[2HH].[K+]. The fourth-order valence-electron chi connectivity index (χ4n) is 0.0913. The molecule has 0 rings (SSSR count). The van der Waals surface area contributed by atoms with E-state index in [1.807, 2.05) is 20.1 Å². The number of rotatable bonds is 0. The molecule has 0 heterocycles. The van der Waals surface area contributed by atoms with Gasteiger partial charge in [-0.2, -0.15) is 0 Å². The van der Waals surface area contributed by atoms with E-state index in [1.165, 1.54) is 24.2 Å². The van der Waals surface area contributed by atoms with E-state index >= 15 is 0 Å². The summed E-state index contributed by atoms with van der Waals surface area (Å²) in [4.78, 5) is 3.66. The minimum Gasteiger partial charge on any atom is -0.696 e. The van der Waals surface area contributed by atoms with Crippen LogP contribution in [0.2, 0.25) is 0 Å². The molecule has 0 aliphatic heterocycles. The number of nitriles is 1. The van der Waals surface area contributed by atoms with Crippen LogP contribution in [-0.4, -0.2) is 25.5 Å². The molecule has 0 aliphatic carbocycles. The van der Waals surface area contributed by atoms with E-state index in [0.717, 1.165) is 0 Å². The van der Waals surface area contributed by atoms with Gasteiger partial charge in [0.25, 0.3) is 0 Å². The number of amidine groups is 1. The number of hydrogen-bond donors (Lipinski definition) is 2. The molecule has 0 aromatic heterocycles. The monoisotopic (exact) mass is 268 g/mol. The first kappa shape index (κ1) is 29.4.